The van der Waals surface area contributed by atoms with Gasteiger partial charge in [0.05, 0.1) is 48.0 Å². The lowest BCUT2D eigenvalue weighted by Crippen LogP contribution is -2.26. The molecule has 0 saturated carbocycles. The highest BCUT2D eigenvalue weighted by Crippen LogP contribution is 2.43. The number of rotatable bonds is 9. The van der Waals surface area contributed by atoms with Crippen molar-refractivity contribution in [3.05, 3.63) is 126 Å². The summed E-state index contributed by atoms with van der Waals surface area (Å²) in [4.78, 5) is 19.6. The number of aromatic nitrogens is 1. The fourth-order valence-electron chi connectivity index (χ4n) is 5.65. The normalized spacial score (nSPS) is 11.7. The SMILES string of the molecule is COc1cc(OC)cc(N(C(=O)S)c2c(N)ccc(Cc3ccccc3)c2C(O)Nc2c3ccccc3nc3ccccc23)c1. The molecule has 0 aliphatic heterocycles. The molecule has 1 aromatic heterocycles. The third-order valence-corrected chi connectivity index (χ3v) is 7.93. The highest BCUT2D eigenvalue weighted by atomic mass is 32.1. The van der Waals surface area contributed by atoms with E-state index in [1.807, 2.05) is 84.9 Å². The zero-order chi connectivity index (χ0) is 31.5. The number of fused-ring (bicyclic) bond motifs is 2. The minimum Gasteiger partial charge on any atom is -0.497 e. The molecule has 6 aromatic rings. The molecule has 226 valence electrons. The number of nitrogens with two attached hydrogens (primary N) is 1. The monoisotopic (exact) mass is 616 g/mol. The van der Waals surface area contributed by atoms with Crippen molar-refractivity contribution in [2.45, 2.75) is 12.6 Å². The van der Waals surface area contributed by atoms with E-state index in [0.29, 0.717) is 40.5 Å². The second-order valence-electron chi connectivity index (χ2n) is 10.5. The van der Waals surface area contributed by atoms with E-state index >= 15 is 0 Å². The van der Waals surface area contributed by atoms with Gasteiger partial charge >= 0.3 is 0 Å². The van der Waals surface area contributed by atoms with Crippen LogP contribution in [0.15, 0.2) is 109 Å². The van der Waals surface area contributed by atoms with Crippen molar-refractivity contribution in [1.29, 1.82) is 0 Å². The average Bonchev–Trinajstić information content (AvgIpc) is 3.06. The maximum atomic E-state index is 13.4. The molecule has 4 N–H and O–H groups in total. The maximum Gasteiger partial charge on any atom is 0.287 e. The summed E-state index contributed by atoms with van der Waals surface area (Å²) in [5.74, 6) is 0.941. The molecule has 9 heteroatoms. The number of pyridine rings is 1. The van der Waals surface area contributed by atoms with Gasteiger partial charge in [0.2, 0.25) is 0 Å². The predicted octanol–water partition coefficient (Wildman–Crippen LogP) is 7.87. The van der Waals surface area contributed by atoms with E-state index in [1.54, 1.807) is 24.3 Å². The third kappa shape index (κ3) is 5.95. The lowest BCUT2D eigenvalue weighted by atomic mass is 9.95. The number of carbonyl (C=O) groups is 1. The molecule has 45 heavy (non-hydrogen) atoms. The Morgan fingerprint density at radius 2 is 1.44 bits per heavy atom. The van der Waals surface area contributed by atoms with Crippen LogP contribution >= 0.6 is 12.6 Å². The largest absolute Gasteiger partial charge is 0.497 e. The lowest BCUT2D eigenvalue weighted by Gasteiger charge is -2.30. The summed E-state index contributed by atoms with van der Waals surface area (Å²) in [7, 11) is 3.06. The van der Waals surface area contributed by atoms with E-state index in [0.717, 1.165) is 32.9 Å². The van der Waals surface area contributed by atoms with E-state index in [1.165, 1.54) is 19.1 Å². The maximum absolute atomic E-state index is 13.4. The van der Waals surface area contributed by atoms with Crippen LogP contribution in [0.5, 0.6) is 11.5 Å². The fourth-order valence-corrected chi connectivity index (χ4v) is 5.87. The first-order valence-corrected chi connectivity index (χ1v) is 14.8. The smallest absolute Gasteiger partial charge is 0.287 e. The number of amides is 1. The van der Waals surface area contributed by atoms with Crippen LogP contribution in [0.4, 0.5) is 27.5 Å². The van der Waals surface area contributed by atoms with Gasteiger partial charge in [0.25, 0.3) is 5.24 Å². The van der Waals surface area contributed by atoms with Gasteiger partial charge in [-0.25, -0.2) is 4.98 Å². The quantitative estimate of drug-likeness (QED) is 0.0566. The third-order valence-electron chi connectivity index (χ3n) is 7.73. The molecule has 5 aromatic carbocycles. The summed E-state index contributed by atoms with van der Waals surface area (Å²) in [6.07, 6.45) is -0.838. The molecule has 0 bridgehead atoms. The zero-order valence-corrected chi connectivity index (χ0v) is 25.7. The molecule has 0 aliphatic carbocycles. The number of anilines is 4. The molecule has 1 unspecified atom stereocenters. The highest BCUT2D eigenvalue weighted by Gasteiger charge is 2.29. The van der Waals surface area contributed by atoms with E-state index in [4.69, 9.17) is 20.2 Å². The molecule has 0 fully saturated rings. The Bertz CT molecular complexity index is 1940. The van der Waals surface area contributed by atoms with Crippen molar-refractivity contribution in [3.63, 3.8) is 0 Å². The molecule has 1 heterocycles. The van der Waals surface area contributed by atoms with Gasteiger partial charge in [-0.3, -0.25) is 9.69 Å². The Hall–Kier alpha value is -5.25. The Kier molecular flexibility index (Phi) is 8.46. The van der Waals surface area contributed by atoms with Gasteiger partial charge in [-0.05, 0) is 35.7 Å². The van der Waals surface area contributed by atoms with E-state index in [-0.39, 0.29) is 5.69 Å². The van der Waals surface area contributed by atoms with Crippen molar-refractivity contribution in [1.82, 2.24) is 4.98 Å². The van der Waals surface area contributed by atoms with Gasteiger partial charge in [-0.2, -0.15) is 0 Å². The topological polar surface area (TPSA) is 110 Å². The number of nitrogen functional groups attached to an aromatic ring is 1. The standard InChI is InChI=1S/C36H32N4O4S/c1-43-25-19-24(20-26(21-25)44-2)40(36(42)45)34-29(37)17-16-23(18-22-10-4-3-5-11-22)32(34)35(41)39-33-27-12-6-8-14-30(27)38-31-15-9-7-13-28(31)33/h3-17,19-21,35,41H,18,37H2,1-2H3,(H,38,39)(H,42,45). The number of nitrogens with one attached hydrogen (secondary N) is 1. The number of methoxy groups -OCH3 is 2. The van der Waals surface area contributed by atoms with Crippen molar-refractivity contribution >= 4 is 62.4 Å². The van der Waals surface area contributed by atoms with Gasteiger partial charge in [0, 0.05) is 34.5 Å². The van der Waals surface area contributed by atoms with Gasteiger partial charge in [-0.1, -0.05) is 85.4 Å². The number of ether oxygens (including phenoxy) is 2. The Morgan fingerprint density at radius 1 is 0.867 bits per heavy atom. The van der Waals surface area contributed by atoms with Crippen molar-refractivity contribution < 1.29 is 19.4 Å². The summed E-state index contributed by atoms with van der Waals surface area (Å²) in [6.45, 7) is 0. The second-order valence-corrected chi connectivity index (χ2v) is 10.9. The Balaban J connectivity index is 1.58. The van der Waals surface area contributed by atoms with Crippen molar-refractivity contribution in [3.8, 4) is 11.5 Å². The van der Waals surface area contributed by atoms with Crippen LogP contribution in [0.1, 0.15) is 22.9 Å². The van der Waals surface area contributed by atoms with E-state index < -0.39 is 11.5 Å². The van der Waals surface area contributed by atoms with Crippen LogP contribution in [0.2, 0.25) is 0 Å². The second kappa shape index (κ2) is 12.8. The van der Waals surface area contributed by atoms with Crippen LogP contribution in [0.25, 0.3) is 21.8 Å². The summed E-state index contributed by atoms with van der Waals surface area (Å²) in [5, 5.41) is 16.7. The number of thiol groups is 1. The van der Waals surface area contributed by atoms with Crippen LogP contribution in [-0.2, 0) is 6.42 Å². The number of benzene rings is 5. The number of para-hydroxylation sites is 2. The summed E-state index contributed by atoms with van der Waals surface area (Å²) >= 11 is 4.27. The van der Waals surface area contributed by atoms with Gasteiger partial charge in [0.15, 0.2) is 6.23 Å². The first-order valence-electron chi connectivity index (χ1n) is 14.3. The van der Waals surface area contributed by atoms with Gasteiger partial charge in [0.1, 0.15) is 11.5 Å². The van der Waals surface area contributed by atoms with E-state index in [9.17, 15) is 9.90 Å². The fraction of sp³-hybridized carbons (Fsp3) is 0.111. The van der Waals surface area contributed by atoms with Crippen LogP contribution in [0.3, 0.4) is 0 Å². The number of nitrogens with zero attached hydrogens (tertiary/aromatic N) is 2. The van der Waals surface area contributed by atoms with Crippen LogP contribution < -0.4 is 25.4 Å². The highest BCUT2D eigenvalue weighted by molar-refractivity contribution is 7.97. The average molecular weight is 617 g/mol. The molecule has 0 radical (unpaired) electrons. The first kappa shape index (κ1) is 29.8. The van der Waals surface area contributed by atoms with Crippen molar-refractivity contribution in [2.75, 3.05) is 30.2 Å². The number of carbonyl (C=O) groups excluding carboxylic acids is 1. The van der Waals surface area contributed by atoms with E-state index in [2.05, 4.69) is 17.9 Å². The molecule has 0 spiro atoms. The first-order chi connectivity index (χ1) is 21.9. The minimum atomic E-state index is -1.31. The lowest BCUT2D eigenvalue weighted by molar-refractivity contribution is 0.208. The summed E-state index contributed by atoms with van der Waals surface area (Å²) < 4.78 is 11.0. The van der Waals surface area contributed by atoms with Crippen LogP contribution in [-0.4, -0.2) is 29.5 Å². The van der Waals surface area contributed by atoms with Gasteiger partial charge in [-0.15, -0.1) is 0 Å². The Labute approximate surface area is 266 Å². The summed E-state index contributed by atoms with van der Waals surface area (Å²) in [5.41, 5.74) is 12.1. The molecular weight excluding hydrogens is 584 g/mol. The number of hydrogen-bond acceptors (Lipinski definition) is 7. The Morgan fingerprint density at radius 3 is 2.02 bits per heavy atom. The van der Waals surface area contributed by atoms with Crippen LogP contribution in [0, 0.1) is 0 Å². The predicted molar refractivity (Wildman–Crippen MR) is 184 cm³/mol. The molecule has 1 atom stereocenters. The number of aliphatic hydroxyl groups is 1. The molecule has 0 aliphatic rings. The van der Waals surface area contributed by atoms with Crippen molar-refractivity contribution in [2.24, 2.45) is 0 Å². The summed E-state index contributed by atoms with van der Waals surface area (Å²) in [6, 6.07) is 34.1. The molecule has 0 saturated heterocycles. The molecule has 1 amide bonds. The zero-order valence-electron chi connectivity index (χ0n) is 24.8. The number of hydrogen-bond donors (Lipinski definition) is 4. The van der Waals surface area contributed by atoms with Gasteiger partial charge < -0.3 is 25.6 Å². The number of aliphatic hydroxyl groups excluding tert-OH is 1. The minimum absolute atomic E-state index is 0.274. The molecule has 8 nitrogen and oxygen atoms in total. The molecule has 6 rings (SSSR count). The molecular formula is C36H32N4O4S.